The first kappa shape index (κ1) is 13.8. The number of nitrogens with one attached hydrogen (secondary N) is 2. The largest absolute Gasteiger partial charge is 0.385 e. The van der Waals surface area contributed by atoms with Crippen molar-refractivity contribution in [1.82, 2.24) is 5.32 Å². The highest BCUT2D eigenvalue weighted by Crippen LogP contribution is 2.25. The van der Waals surface area contributed by atoms with E-state index in [1.54, 1.807) is 6.07 Å². The van der Waals surface area contributed by atoms with Gasteiger partial charge in [0.05, 0.1) is 5.75 Å². The van der Waals surface area contributed by atoms with Gasteiger partial charge < -0.3 is 10.6 Å². The first-order valence-electron chi connectivity index (χ1n) is 6.12. The van der Waals surface area contributed by atoms with Crippen LogP contribution in [-0.4, -0.2) is 33.2 Å². The molecule has 0 fully saturated rings. The van der Waals surface area contributed by atoms with Crippen LogP contribution in [0.5, 0.6) is 0 Å². The van der Waals surface area contributed by atoms with Crippen LogP contribution in [0.25, 0.3) is 0 Å². The van der Waals surface area contributed by atoms with Crippen molar-refractivity contribution in [2.75, 3.05) is 24.2 Å². The average molecular weight is 283 g/mol. The van der Waals surface area contributed by atoms with Crippen LogP contribution in [0.4, 0.5) is 5.69 Å². The lowest BCUT2D eigenvalue weighted by atomic mass is 9.97. The Labute approximate surface area is 112 Å². The van der Waals surface area contributed by atoms with Gasteiger partial charge in [0, 0.05) is 24.3 Å². The second-order valence-corrected chi connectivity index (χ2v) is 6.22. The molecule has 1 aliphatic rings. The summed E-state index contributed by atoms with van der Waals surface area (Å²) < 4.78 is 21.6. The monoisotopic (exact) mass is 283 g/mol. The lowest BCUT2D eigenvalue weighted by Crippen LogP contribution is -2.32. The van der Waals surface area contributed by atoms with E-state index in [-0.39, 0.29) is 18.2 Å². The molecule has 0 bridgehead atoms. The SMILES string of the molecule is NS(=O)(=O)CCNC(=O)c1cccc2c1CCCN2. The minimum absolute atomic E-state index is 0.0226. The highest BCUT2D eigenvalue weighted by atomic mass is 32.2. The Bertz CT molecular complexity index is 584. The van der Waals surface area contributed by atoms with E-state index in [9.17, 15) is 13.2 Å². The molecule has 1 amide bonds. The van der Waals surface area contributed by atoms with Crippen LogP contribution in [0.15, 0.2) is 18.2 Å². The molecule has 0 aromatic heterocycles. The van der Waals surface area contributed by atoms with Crippen molar-refractivity contribution in [2.24, 2.45) is 5.14 Å². The second kappa shape index (κ2) is 5.58. The third kappa shape index (κ3) is 3.68. The van der Waals surface area contributed by atoms with Gasteiger partial charge in [0.2, 0.25) is 10.0 Å². The number of sulfonamides is 1. The number of carbonyl (C=O) groups excluding carboxylic acids is 1. The van der Waals surface area contributed by atoms with Crippen LogP contribution in [0.3, 0.4) is 0 Å². The predicted molar refractivity (Wildman–Crippen MR) is 73.6 cm³/mol. The molecule has 1 aromatic carbocycles. The Morgan fingerprint density at radius 2 is 2.21 bits per heavy atom. The van der Waals surface area contributed by atoms with Gasteiger partial charge in [-0.2, -0.15) is 0 Å². The fourth-order valence-corrected chi connectivity index (χ4v) is 2.51. The van der Waals surface area contributed by atoms with Crippen LogP contribution >= 0.6 is 0 Å². The van der Waals surface area contributed by atoms with Crippen LogP contribution in [-0.2, 0) is 16.4 Å². The highest BCUT2D eigenvalue weighted by molar-refractivity contribution is 7.89. The molecule has 104 valence electrons. The molecule has 0 atom stereocenters. The molecule has 0 aliphatic carbocycles. The first-order valence-corrected chi connectivity index (χ1v) is 7.83. The lowest BCUT2D eigenvalue weighted by molar-refractivity contribution is 0.0955. The molecule has 1 aliphatic heterocycles. The van der Waals surface area contributed by atoms with E-state index in [0.29, 0.717) is 5.56 Å². The zero-order valence-electron chi connectivity index (χ0n) is 10.5. The molecule has 0 spiro atoms. The molecule has 2 rings (SSSR count). The maximum absolute atomic E-state index is 12.0. The van der Waals surface area contributed by atoms with E-state index in [1.165, 1.54) is 0 Å². The van der Waals surface area contributed by atoms with Crippen molar-refractivity contribution in [3.63, 3.8) is 0 Å². The van der Waals surface area contributed by atoms with Crippen molar-refractivity contribution in [3.8, 4) is 0 Å². The summed E-state index contributed by atoms with van der Waals surface area (Å²) in [5, 5.41) is 10.7. The molecule has 6 nitrogen and oxygen atoms in total. The Hall–Kier alpha value is -1.60. The minimum atomic E-state index is -3.55. The minimum Gasteiger partial charge on any atom is -0.385 e. The molecule has 0 unspecified atom stereocenters. The van der Waals surface area contributed by atoms with Gasteiger partial charge >= 0.3 is 0 Å². The van der Waals surface area contributed by atoms with Gasteiger partial charge in [-0.25, -0.2) is 13.6 Å². The third-order valence-corrected chi connectivity index (χ3v) is 3.78. The van der Waals surface area contributed by atoms with Gasteiger partial charge in [0.15, 0.2) is 0 Å². The number of benzene rings is 1. The number of anilines is 1. The number of primary sulfonamides is 1. The zero-order chi connectivity index (χ0) is 13.9. The molecule has 7 heteroatoms. The number of hydrogen-bond donors (Lipinski definition) is 3. The molecule has 1 heterocycles. The summed E-state index contributed by atoms with van der Waals surface area (Å²) >= 11 is 0. The van der Waals surface area contributed by atoms with Gasteiger partial charge in [-0.3, -0.25) is 4.79 Å². The fraction of sp³-hybridized carbons (Fsp3) is 0.417. The van der Waals surface area contributed by atoms with Crippen molar-refractivity contribution in [1.29, 1.82) is 0 Å². The van der Waals surface area contributed by atoms with E-state index in [4.69, 9.17) is 5.14 Å². The normalized spacial score (nSPS) is 14.4. The van der Waals surface area contributed by atoms with E-state index in [0.717, 1.165) is 30.6 Å². The van der Waals surface area contributed by atoms with Crippen LogP contribution < -0.4 is 15.8 Å². The molecule has 19 heavy (non-hydrogen) atoms. The smallest absolute Gasteiger partial charge is 0.251 e. The summed E-state index contributed by atoms with van der Waals surface area (Å²) in [5.41, 5.74) is 2.56. The molecular formula is C12H17N3O3S. The number of rotatable bonds is 4. The van der Waals surface area contributed by atoms with Gasteiger partial charge in [-0.15, -0.1) is 0 Å². The van der Waals surface area contributed by atoms with Crippen molar-refractivity contribution >= 4 is 21.6 Å². The highest BCUT2D eigenvalue weighted by Gasteiger charge is 2.17. The van der Waals surface area contributed by atoms with Crippen LogP contribution in [0, 0.1) is 0 Å². The fourth-order valence-electron chi connectivity index (χ4n) is 2.12. The Morgan fingerprint density at radius 1 is 1.42 bits per heavy atom. The Kier molecular flexibility index (Phi) is 4.06. The van der Waals surface area contributed by atoms with Crippen molar-refractivity contribution in [3.05, 3.63) is 29.3 Å². The maximum Gasteiger partial charge on any atom is 0.251 e. The topological polar surface area (TPSA) is 101 Å². The Balaban J connectivity index is 2.07. The van der Waals surface area contributed by atoms with E-state index >= 15 is 0 Å². The molecule has 0 saturated carbocycles. The number of amides is 1. The summed E-state index contributed by atoms with van der Waals surface area (Å²) in [6.07, 6.45) is 1.83. The number of hydrogen-bond acceptors (Lipinski definition) is 4. The van der Waals surface area contributed by atoms with Gasteiger partial charge in [-0.05, 0) is 30.5 Å². The number of fused-ring (bicyclic) bond motifs is 1. The van der Waals surface area contributed by atoms with Crippen LogP contribution in [0.2, 0.25) is 0 Å². The summed E-state index contributed by atoms with van der Waals surface area (Å²) in [6, 6.07) is 5.50. The number of nitrogens with two attached hydrogens (primary N) is 1. The molecule has 0 saturated heterocycles. The quantitative estimate of drug-likeness (QED) is 0.727. The molecular weight excluding hydrogens is 266 g/mol. The standard InChI is InChI=1S/C12H17N3O3S/c13-19(17,18)8-7-15-12(16)10-3-1-5-11-9(10)4-2-6-14-11/h1,3,5,14H,2,4,6-8H2,(H,15,16)(H2,13,17,18). The summed E-state index contributed by atoms with van der Waals surface area (Å²) in [7, 11) is -3.55. The molecule has 1 aromatic rings. The third-order valence-electron chi connectivity index (χ3n) is 3.01. The second-order valence-electron chi connectivity index (χ2n) is 4.48. The van der Waals surface area contributed by atoms with E-state index in [2.05, 4.69) is 10.6 Å². The zero-order valence-corrected chi connectivity index (χ0v) is 11.3. The predicted octanol–water partition coefficient (Wildman–Crippen LogP) is 0.0630. The molecule has 4 N–H and O–H groups in total. The van der Waals surface area contributed by atoms with Crippen molar-refractivity contribution < 1.29 is 13.2 Å². The summed E-state index contributed by atoms with van der Waals surface area (Å²) in [4.78, 5) is 12.0. The number of carbonyl (C=O) groups is 1. The summed E-state index contributed by atoms with van der Waals surface area (Å²) in [6.45, 7) is 0.929. The summed E-state index contributed by atoms with van der Waals surface area (Å²) in [5.74, 6) is -0.518. The van der Waals surface area contributed by atoms with E-state index < -0.39 is 10.0 Å². The molecule has 0 radical (unpaired) electrons. The maximum atomic E-state index is 12.0. The van der Waals surface area contributed by atoms with Gasteiger partial charge in [-0.1, -0.05) is 6.07 Å². The van der Waals surface area contributed by atoms with E-state index in [1.807, 2.05) is 12.1 Å². The van der Waals surface area contributed by atoms with Gasteiger partial charge in [0.25, 0.3) is 5.91 Å². The first-order chi connectivity index (χ1) is 8.97. The Morgan fingerprint density at radius 3 is 2.95 bits per heavy atom. The van der Waals surface area contributed by atoms with Crippen molar-refractivity contribution in [2.45, 2.75) is 12.8 Å². The van der Waals surface area contributed by atoms with Crippen LogP contribution in [0.1, 0.15) is 22.3 Å². The van der Waals surface area contributed by atoms with Gasteiger partial charge in [0.1, 0.15) is 0 Å². The average Bonchev–Trinajstić information content (AvgIpc) is 2.36. The lowest BCUT2D eigenvalue weighted by Gasteiger charge is -2.20.